The Hall–Kier alpha value is -4.00. The van der Waals surface area contributed by atoms with E-state index in [-0.39, 0.29) is 37.7 Å². The number of methoxy groups -OCH3 is 2. The predicted octanol–water partition coefficient (Wildman–Crippen LogP) is 0.654. The van der Waals surface area contributed by atoms with Crippen LogP contribution in [0.25, 0.3) is 0 Å². The van der Waals surface area contributed by atoms with E-state index in [2.05, 4.69) is 16.0 Å². The van der Waals surface area contributed by atoms with Crippen LogP contribution in [0.3, 0.4) is 0 Å². The van der Waals surface area contributed by atoms with Crippen molar-refractivity contribution in [1.29, 1.82) is 0 Å². The lowest BCUT2D eigenvalue weighted by Gasteiger charge is -2.27. The summed E-state index contributed by atoms with van der Waals surface area (Å²) in [5.41, 5.74) is 0.594. The average molecular weight is 611 g/mol. The van der Waals surface area contributed by atoms with Crippen LogP contribution in [-0.2, 0) is 41.5 Å². The number of hydrogen-bond acceptors (Lipinski definition) is 9. The van der Waals surface area contributed by atoms with E-state index in [0.717, 1.165) is 5.56 Å². The largest absolute Gasteiger partial charge is 0.493 e. The summed E-state index contributed by atoms with van der Waals surface area (Å²) in [6.07, 6.45) is 0.349. The number of carbonyl (C=O) groups is 4. The van der Waals surface area contributed by atoms with Crippen molar-refractivity contribution >= 4 is 23.5 Å². The second-order valence-corrected chi connectivity index (χ2v) is 11.3. The third-order valence-electron chi connectivity index (χ3n) is 7.78. The van der Waals surface area contributed by atoms with Crippen molar-refractivity contribution in [2.45, 2.75) is 50.4 Å². The van der Waals surface area contributed by atoms with E-state index >= 15 is 0 Å². The smallest absolute Gasteiger partial charge is 0.243 e. The molecule has 0 bridgehead atoms. The number of carbonyl (C=O) groups excluding carboxylic acids is 4. The van der Waals surface area contributed by atoms with Crippen LogP contribution < -0.4 is 25.4 Å². The van der Waals surface area contributed by atoms with Gasteiger partial charge in [-0.1, -0.05) is 36.4 Å². The summed E-state index contributed by atoms with van der Waals surface area (Å²) < 4.78 is 21.5. The highest BCUT2D eigenvalue weighted by Gasteiger charge is 2.50. The molecule has 2 fully saturated rings. The Bertz CT molecular complexity index is 1310. The van der Waals surface area contributed by atoms with Gasteiger partial charge in [-0.15, -0.1) is 0 Å². The van der Waals surface area contributed by atoms with Crippen molar-refractivity contribution in [2.75, 3.05) is 53.7 Å². The number of ketones is 1. The van der Waals surface area contributed by atoms with Gasteiger partial charge in [-0.2, -0.15) is 0 Å². The van der Waals surface area contributed by atoms with Gasteiger partial charge in [0.25, 0.3) is 0 Å². The van der Waals surface area contributed by atoms with Crippen molar-refractivity contribution in [3.05, 3.63) is 59.7 Å². The molecule has 0 aromatic heterocycles. The Kier molecular flexibility index (Phi) is 11.3. The minimum Gasteiger partial charge on any atom is -0.493 e. The van der Waals surface area contributed by atoms with Crippen LogP contribution in [0.4, 0.5) is 0 Å². The third kappa shape index (κ3) is 9.01. The summed E-state index contributed by atoms with van der Waals surface area (Å²) >= 11 is 0. The van der Waals surface area contributed by atoms with Crippen LogP contribution in [0.5, 0.6) is 11.5 Å². The van der Waals surface area contributed by atoms with Crippen LogP contribution in [0, 0.1) is 0 Å². The summed E-state index contributed by atoms with van der Waals surface area (Å²) in [5.74, 6) is -0.640. The molecule has 2 aliphatic rings. The molecule has 3 amide bonds. The van der Waals surface area contributed by atoms with Crippen molar-refractivity contribution < 1.29 is 38.1 Å². The van der Waals surface area contributed by atoms with E-state index in [1.165, 1.54) is 14.2 Å². The van der Waals surface area contributed by atoms with E-state index in [0.29, 0.717) is 43.4 Å². The lowest BCUT2D eigenvalue weighted by atomic mass is 9.94. The van der Waals surface area contributed by atoms with Gasteiger partial charge in [-0.25, -0.2) is 0 Å². The molecule has 12 heteroatoms. The van der Waals surface area contributed by atoms with E-state index in [1.807, 2.05) is 35.2 Å². The van der Waals surface area contributed by atoms with Gasteiger partial charge in [0.1, 0.15) is 17.7 Å². The van der Waals surface area contributed by atoms with Gasteiger partial charge in [-0.3, -0.25) is 24.1 Å². The van der Waals surface area contributed by atoms with Crippen LogP contribution in [-0.4, -0.2) is 106 Å². The number of ether oxygens (including phenoxy) is 4. The Morgan fingerprint density at radius 3 is 2.14 bits per heavy atom. The minimum absolute atomic E-state index is 0.0897. The molecule has 12 nitrogen and oxygen atoms in total. The molecule has 4 rings (SSSR count). The van der Waals surface area contributed by atoms with Crippen LogP contribution in [0.15, 0.2) is 48.5 Å². The lowest BCUT2D eigenvalue weighted by molar-refractivity contribution is -0.134. The quantitative estimate of drug-likeness (QED) is 0.247. The fourth-order valence-electron chi connectivity index (χ4n) is 5.01. The molecule has 1 unspecified atom stereocenters. The number of benzene rings is 2. The zero-order chi connectivity index (χ0) is 31.7. The second-order valence-electron chi connectivity index (χ2n) is 11.3. The van der Waals surface area contributed by atoms with Crippen molar-refractivity contribution in [3.63, 3.8) is 0 Å². The number of nitrogens with one attached hydrogen (secondary N) is 3. The number of amides is 3. The summed E-state index contributed by atoms with van der Waals surface area (Å²) in [7, 11) is 3.03. The molecule has 0 spiro atoms. The second kappa shape index (κ2) is 15.1. The molecule has 0 aliphatic carbocycles. The molecule has 238 valence electrons. The number of rotatable bonds is 15. The third-order valence-corrected chi connectivity index (χ3v) is 7.78. The fourth-order valence-corrected chi connectivity index (χ4v) is 5.01. The zero-order valence-electron chi connectivity index (χ0n) is 25.7. The first-order valence-corrected chi connectivity index (χ1v) is 14.7. The fraction of sp³-hybridized carbons (Fsp3) is 0.500. The van der Waals surface area contributed by atoms with Crippen LogP contribution in [0.1, 0.15) is 25.0 Å². The van der Waals surface area contributed by atoms with Gasteiger partial charge in [0, 0.05) is 19.5 Å². The van der Waals surface area contributed by atoms with Gasteiger partial charge < -0.3 is 34.9 Å². The van der Waals surface area contributed by atoms with Gasteiger partial charge in [0.2, 0.25) is 17.7 Å². The molecular formula is C32H42N4O8. The van der Waals surface area contributed by atoms with Gasteiger partial charge >= 0.3 is 0 Å². The Balaban J connectivity index is 1.50. The van der Waals surface area contributed by atoms with Crippen molar-refractivity contribution in [3.8, 4) is 11.5 Å². The molecular weight excluding hydrogens is 568 g/mol. The first-order chi connectivity index (χ1) is 21.1. The van der Waals surface area contributed by atoms with E-state index in [4.69, 9.17) is 18.9 Å². The standard InChI is InChI=1S/C32H42N4O8/c1-21(33-28(37)19-36-12-14-43-15-13-36)30(39)35-25(17-23-10-11-26(41-3)27(18-23)42-4)31(40)34-24(29(38)32(2)20-44-32)16-22-8-6-5-7-9-22/h5-11,18,21,24-25H,12-17,19-20H2,1-4H3,(H,33,37)(H,34,40)(H,35,39)/t21-,24-,25-,32?/m0/s1. The maximum Gasteiger partial charge on any atom is 0.243 e. The van der Waals surface area contributed by atoms with Crippen molar-refractivity contribution in [1.82, 2.24) is 20.9 Å². The first kappa shape index (κ1) is 32.9. The Labute approximate surface area is 257 Å². The summed E-state index contributed by atoms with van der Waals surface area (Å²) in [4.78, 5) is 55.1. The molecule has 2 aromatic rings. The van der Waals surface area contributed by atoms with E-state index in [1.54, 1.807) is 32.0 Å². The highest BCUT2D eigenvalue weighted by atomic mass is 16.6. The molecule has 3 N–H and O–H groups in total. The molecule has 2 aromatic carbocycles. The monoisotopic (exact) mass is 610 g/mol. The lowest BCUT2D eigenvalue weighted by Crippen LogP contribution is -2.57. The molecule has 2 saturated heterocycles. The molecule has 44 heavy (non-hydrogen) atoms. The minimum atomic E-state index is -1.07. The van der Waals surface area contributed by atoms with E-state index in [9.17, 15) is 19.2 Å². The molecule has 2 heterocycles. The van der Waals surface area contributed by atoms with Crippen LogP contribution >= 0.6 is 0 Å². The Morgan fingerprint density at radius 1 is 0.864 bits per heavy atom. The van der Waals surface area contributed by atoms with Gasteiger partial charge in [-0.05, 0) is 43.5 Å². The van der Waals surface area contributed by atoms with E-state index < -0.39 is 35.5 Å². The topological polar surface area (TPSA) is 148 Å². The summed E-state index contributed by atoms with van der Waals surface area (Å²) in [6, 6.07) is 11.7. The number of morpholine rings is 1. The first-order valence-electron chi connectivity index (χ1n) is 14.7. The zero-order valence-corrected chi connectivity index (χ0v) is 25.7. The van der Waals surface area contributed by atoms with Gasteiger partial charge in [0.05, 0.1) is 46.6 Å². The molecule has 0 saturated carbocycles. The maximum atomic E-state index is 13.8. The number of hydrogen-bond donors (Lipinski definition) is 3. The Morgan fingerprint density at radius 2 is 1.50 bits per heavy atom. The highest BCUT2D eigenvalue weighted by molar-refractivity contribution is 5.98. The molecule has 2 aliphatic heterocycles. The maximum absolute atomic E-state index is 13.8. The predicted molar refractivity (Wildman–Crippen MR) is 161 cm³/mol. The normalized spacial score (nSPS) is 20.0. The number of epoxide rings is 1. The van der Waals surface area contributed by atoms with Crippen molar-refractivity contribution in [2.24, 2.45) is 0 Å². The molecule has 0 radical (unpaired) electrons. The number of Topliss-reactive ketones (excluding diaryl/α,β-unsaturated/α-hetero) is 1. The highest BCUT2D eigenvalue weighted by Crippen LogP contribution is 2.30. The number of nitrogens with zero attached hydrogens (tertiary/aromatic N) is 1. The average Bonchev–Trinajstić information content (AvgIpc) is 3.78. The van der Waals surface area contributed by atoms with Gasteiger partial charge in [0.15, 0.2) is 17.3 Å². The molecule has 4 atom stereocenters. The summed E-state index contributed by atoms with van der Waals surface area (Å²) in [6.45, 7) is 6.04. The summed E-state index contributed by atoms with van der Waals surface area (Å²) in [5, 5.41) is 8.38. The van der Waals surface area contributed by atoms with Crippen LogP contribution in [0.2, 0.25) is 0 Å². The SMILES string of the molecule is COc1ccc(C[C@H](NC(=O)[C@H](C)NC(=O)CN2CCOCC2)C(=O)N[C@@H](Cc2ccccc2)C(=O)C2(C)CO2)cc1OC.